The first kappa shape index (κ1) is 11.3. The van der Waals surface area contributed by atoms with E-state index in [4.69, 9.17) is 0 Å². The van der Waals surface area contributed by atoms with Gasteiger partial charge in [-0.15, -0.1) is 0 Å². The molecular formula is C12H12BrFN2. The third kappa shape index (κ3) is 2.16. The van der Waals surface area contributed by atoms with Gasteiger partial charge in [0.25, 0.3) is 0 Å². The Morgan fingerprint density at radius 1 is 1.44 bits per heavy atom. The Labute approximate surface area is 102 Å². The van der Waals surface area contributed by atoms with Gasteiger partial charge in [0.05, 0.1) is 5.69 Å². The van der Waals surface area contributed by atoms with E-state index >= 15 is 0 Å². The van der Waals surface area contributed by atoms with E-state index in [1.165, 1.54) is 6.07 Å². The highest BCUT2D eigenvalue weighted by Gasteiger charge is 2.09. The van der Waals surface area contributed by atoms with Crippen LogP contribution in [0.15, 0.2) is 35.1 Å². The lowest BCUT2D eigenvalue weighted by atomic mass is 10.2. The first-order valence-corrected chi connectivity index (χ1v) is 5.99. The summed E-state index contributed by atoms with van der Waals surface area (Å²) in [6.45, 7) is 2.08. The fourth-order valence-electron chi connectivity index (χ4n) is 1.63. The van der Waals surface area contributed by atoms with E-state index in [0.717, 1.165) is 23.1 Å². The average molecular weight is 283 g/mol. The second-order valence-corrected chi connectivity index (χ2v) is 4.47. The minimum absolute atomic E-state index is 0.237. The van der Waals surface area contributed by atoms with E-state index in [2.05, 4.69) is 27.8 Å². The summed E-state index contributed by atoms with van der Waals surface area (Å²) in [5.74, 6) is 0.651. The van der Waals surface area contributed by atoms with Crippen molar-refractivity contribution in [1.82, 2.24) is 9.55 Å². The largest absolute Gasteiger partial charge is 0.301 e. The maximum atomic E-state index is 13.7. The highest BCUT2D eigenvalue weighted by atomic mass is 79.9. The molecule has 2 rings (SSSR count). The quantitative estimate of drug-likeness (QED) is 0.839. The number of imidazole rings is 1. The molecule has 16 heavy (non-hydrogen) atoms. The molecule has 1 heterocycles. The summed E-state index contributed by atoms with van der Waals surface area (Å²) in [7, 11) is 0. The van der Waals surface area contributed by atoms with Gasteiger partial charge in [-0.25, -0.2) is 9.37 Å². The Morgan fingerprint density at radius 2 is 2.25 bits per heavy atom. The first-order valence-electron chi connectivity index (χ1n) is 5.20. The van der Waals surface area contributed by atoms with Gasteiger partial charge in [0.15, 0.2) is 0 Å². The summed E-state index contributed by atoms with van der Waals surface area (Å²) in [4.78, 5) is 4.23. The average Bonchev–Trinajstić information content (AvgIpc) is 2.70. The van der Waals surface area contributed by atoms with E-state index in [0.29, 0.717) is 5.69 Å². The van der Waals surface area contributed by atoms with Gasteiger partial charge in [-0.1, -0.05) is 22.9 Å². The standard InChI is InChI=1S/C12H12BrFN2/c1-2-3-12-15-6-7-16(12)11-8-9(13)4-5-10(11)14/h4-8H,2-3H2,1H3. The molecule has 2 aromatic rings. The lowest BCUT2D eigenvalue weighted by Gasteiger charge is -2.08. The molecule has 1 aromatic heterocycles. The minimum atomic E-state index is -0.237. The van der Waals surface area contributed by atoms with Gasteiger partial charge in [-0.05, 0) is 24.6 Å². The number of halogens is 2. The van der Waals surface area contributed by atoms with E-state index in [1.807, 2.05) is 0 Å². The predicted octanol–water partition coefficient (Wildman–Crippen LogP) is 3.73. The van der Waals surface area contributed by atoms with Gasteiger partial charge < -0.3 is 4.57 Å². The molecule has 0 fully saturated rings. The van der Waals surface area contributed by atoms with Crippen molar-refractivity contribution >= 4 is 15.9 Å². The van der Waals surface area contributed by atoms with Gasteiger partial charge in [0, 0.05) is 23.3 Å². The number of nitrogens with zero attached hydrogens (tertiary/aromatic N) is 2. The molecule has 0 aliphatic heterocycles. The van der Waals surface area contributed by atoms with Crippen LogP contribution >= 0.6 is 15.9 Å². The summed E-state index contributed by atoms with van der Waals surface area (Å²) < 4.78 is 16.3. The normalized spacial score (nSPS) is 10.7. The molecule has 0 saturated heterocycles. The van der Waals surface area contributed by atoms with Crippen LogP contribution in [0.3, 0.4) is 0 Å². The molecule has 0 amide bonds. The minimum Gasteiger partial charge on any atom is -0.301 e. The van der Waals surface area contributed by atoms with E-state index in [-0.39, 0.29) is 5.82 Å². The SMILES string of the molecule is CCCc1nccn1-c1cc(Br)ccc1F. The van der Waals surface area contributed by atoms with Crippen molar-refractivity contribution in [3.8, 4) is 5.69 Å². The van der Waals surface area contributed by atoms with Crippen LogP contribution in [-0.2, 0) is 6.42 Å². The van der Waals surface area contributed by atoms with Gasteiger partial charge in [0.1, 0.15) is 11.6 Å². The lowest BCUT2D eigenvalue weighted by Crippen LogP contribution is -2.02. The maximum Gasteiger partial charge on any atom is 0.147 e. The van der Waals surface area contributed by atoms with Gasteiger partial charge in [-0.2, -0.15) is 0 Å². The molecule has 0 bridgehead atoms. The number of rotatable bonds is 3. The van der Waals surface area contributed by atoms with Crippen LogP contribution in [-0.4, -0.2) is 9.55 Å². The Morgan fingerprint density at radius 3 is 3.00 bits per heavy atom. The number of benzene rings is 1. The summed E-state index contributed by atoms with van der Waals surface area (Å²) in [6.07, 6.45) is 5.33. The summed E-state index contributed by atoms with van der Waals surface area (Å²) in [6, 6.07) is 4.90. The molecule has 4 heteroatoms. The van der Waals surface area contributed by atoms with E-state index < -0.39 is 0 Å². The maximum absolute atomic E-state index is 13.7. The molecule has 0 aliphatic rings. The molecule has 0 spiro atoms. The molecule has 0 unspecified atom stereocenters. The molecule has 0 radical (unpaired) electrons. The molecular weight excluding hydrogens is 271 g/mol. The third-order valence-electron chi connectivity index (χ3n) is 2.36. The number of aryl methyl sites for hydroxylation is 1. The second kappa shape index (κ2) is 4.78. The highest BCUT2D eigenvalue weighted by molar-refractivity contribution is 9.10. The first-order chi connectivity index (χ1) is 7.72. The van der Waals surface area contributed by atoms with Crippen molar-refractivity contribution in [2.75, 3.05) is 0 Å². The van der Waals surface area contributed by atoms with Crippen molar-refractivity contribution < 1.29 is 4.39 Å². The zero-order chi connectivity index (χ0) is 11.5. The number of aromatic nitrogens is 2. The van der Waals surface area contributed by atoms with Crippen molar-refractivity contribution in [3.63, 3.8) is 0 Å². The van der Waals surface area contributed by atoms with Crippen LogP contribution in [0, 0.1) is 5.82 Å². The summed E-state index contributed by atoms with van der Waals surface area (Å²) in [5, 5.41) is 0. The van der Waals surface area contributed by atoms with Crippen molar-refractivity contribution in [1.29, 1.82) is 0 Å². The lowest BCUT2D eigenvalue weighted by molar-refractivity contribution is 0.614. The van der Waals surface area contributed by atoms with Crippen LogP contribution in [0.1, 0.15) is 19.2 Å². The Hall–Kier alpha value is -1.16. The molecule has 0 aliphatic carbocycles. The molecule has 84 valence electrons. The fraction of sp³-hybridized carbons (Fsp3) is 0.250. The van der Waals surface area contributed by atoms with Gasteiger partial charge in [0.2, 0.25) is 0 Å². The molecule has 0 N–H and O–H groups in total. The van der Waals surface area contributed by atoms with E-state index in [9.17, 15) is 4.39 Å². The topological polar surface area (TPSA) is 17.8 Å². The zero-order valence-corrected chi connectivity index (χ0v) is 10.5. The molecule has 0 saturated carbocycles. The zero-order valence-electron chi connectivity index (χ0n) is 8.95. The Balaban J connectivity index is 2.49. The van der Waals surface area contributed by atoms with Gasteiger partial charge in [-0.3, -0.25) is 0 Å². The van der Waals surface area contributed by atoms with Crippen LogP contribution in [0.5, 0.6) is 0 Å². The Bertz CT molecular complexity index is 494. The summed E-state index contributed by atoms with van der Waals surface area (Å²) in [5.41, 5.74) is 0.537. The third-order valence-corrected chi connectivity index (χ3v) is 2.85. The second-order valence-electron chi connectivity index (χ2n) is 3.56. The van der Waals surface area contributed by atoms with Crippen LogP contribution in [0.25, 0.3) is 5.69 Å². The number of hydrogen-bond donors (Lipinski definition) is 0. The Kier molecular flexibility index (Phi) is 3.39. The molecule has 0 atom stereocenters. The number of hydrogen-bond acceptors (Lipinski definition) is 1. The highest BCUT2D eigenvalue weighted by Crippen LogP contribution is 2.20. The van der Waals surface area contributed by atoms with Crippen molar-refractivity contribution in [3.05, 3.63) is 46.7 Å². The van der Waals surface area contributed by atoms with Crippen molar-refractivity contribution in [2.45, 2.75) is 19.8 Å². The summed E-state index contributed by atoms with van der Waals surface area (Å²) >= 11 is 3.35. The van der Waals surface area contributed by atoms with Crippen molar-refractivity contribution in [2.24, 2.45) is 0 Å². The van der Waals surface area contributed by atoms with E-state index in [1.54, 1.807) is 29.1 Å². The fourth-order valence-corrected chi connectivity index (χ4v) is 1.98. The van der Waals surface area contributed by atoms with Crippen LogP contribution in [0.2, 0.25) is 0 Å². The smallest absolute Gasteiger partial charge is 0.147 e. The van der Waals surface area contributed by atoms with Gasteiger partial charge >= 0.3 is 0 Å². The monoisotopic (exact) mass is 282 g/mol. The van der Waals surface area contributed by atoms with Crippen LogP contribution in [0.4, 0.5) is 4.39 Å². The molecule has 2 nitrogen and oxygen atoms in total. The van der Waals surface area contributed by atoms with Crippen LogP contribution < -0.4 is 0 Å². The predicted molar refractivity (Wildman–Crippen MR) is 65.2 cm³/mol. The molecule has 1 aromatic carbocycles.